The number of carbonyl (C=O) groups is 1. The summed E-state index contributed by atoms with van der Waals surface area (Å²) in [5, 5.41) is 32.2. The lowest BCUT2D eigenvalue weighted by Gasteiger charge is -2.45. The van der Waals surface area contributed by atoms with Gasteiger partial charge in [0.1, 0.15) is 17.1 Å². The number of aliphatic hydroxyl groups is 3. The third-order valence-electron chi connectivity index (χ3n) is 11.9. The maximum absolute atomic E-state index is 13.5. The topological polar surface area (TPSA) is 99.5 Å². The normalized spacial score (nSPS) is 37.2. The molecule has 7 nitrogen and oxygen atoms in total. The van der Waals surface area contributed by atoms with Gasteiger partial charge in [-0.15, -0.1) is 0 Å². The molecule has 0 unspecified atom stereocenters. The number of aliphatic hydroxyl groups excluding tert-OH is 2. The van der Waals surface area contributed by atoms with Crippen LogP contribution >= 0.6 is 0 Å². The smallest absolute Gasteiger partial charge is 0.254 e. The first-order chi connectivity index (χ1) is 21.8. The molecule has 3 N–H and O–H groups in total. The number of likely N-dealkylation sites (tertiary alicyclic amines) is 1. The predicted molar refractivity (Wildman–Crippen MR) is 181 cm³/mol. The standard InChI is InChI=1S/C39H57NO6/c1-8-45-31-18-27(19-32(21-31)46-9-2)23-40-30(22-39(7,44)37(40)43)17-24(3)33-14-15-34-28(11-10-16-38(33,34)6)12-13-29-20-35(41)26(5)36(42)25(29)4/h12-13,18-19,21,24,26,30,33-36,41-42,44H,4,8-11,14-17,20,22-23H2,1-3,5-7H3/b28-12+,29-13-/t24-,26+,30+,33-,34+,35-,36-,38-,39+/m1/s1. The van der Waals surface area contributed by atoms with Crippen LogP contribution < -0.4 is 9.47 Å². The van der Waals surface area contributed by atoms with Gasteiger partial charge in [0.2, 0.25) is 0 Å². The maximum atomic E-state index is 13.5. The van der Waals surface area contributed by atoms with E-state index in [0.717, 1.165) is 60.3 Å². The summed E-state index contributed by atoms with van der Waals surface area (Å²) in [5.74, 6) is 2.46. The Hall–Kier alpha value is -2.61. The molecular weight excluding hydrogens is 578 g/mol. The number of hydrogen-bond acceptors (Lipinski definition) is 6. The predicted octanol–water partition coefficient (Wildman–Crippen LogP) is 6.75. The Morgan fingerprint density at radius 3 is 2.41 bits per heavy atom. The summed E-state index contributed by atoms with van der Waals surface area (Å²) in [7, 11) is 0. The summed E-state index contributed by atoms with van der Waals surface area (Å²) in [6, 6.07) is 5.79. The van der Waals surface area contributed by atoms with Crippen LogP contribution in [0.2, 0.25) is 0 Å². The van der Waals surface area contributed by atoms with Crippen molar-refractivity contribution < 1.29 is 29.6 Å². The third-order valence-corrected chi connectivity index (χ3v) is 11.9. The second kappa shape index (κ2) is 13.9. The first-order valence-corrected chi connectivity index (χ1v) is 17.7. The molecule has 3 saturated carbocycles. The second-order valence-corrected chi connectivity index (χ2v) is 15.1. The van der Waals surface area contributed by atoms with Crippen molar-refractivity contribution >= 4 is 5.91 Å². The highest BCUT2D eigenvalue weighted by Gasteiger charge is 2.53. The van der Waals surface area contributed by atoms with Crippen molar-refractivity contribution in [3.8, 4) is 11.5 Å². The summed E-state index contributed by atoms with van der Waals surface area (Å²) in [6.07, 6.45) is 10.7. The lowest BCUT2D eigenvalue weighted by Crippen LogP contribution is -2.40. The minimum atomic E-state index is -1.37. The minimum absolute atomic E-state index is 0.0488. The number of rotatable bonds is 10. The fourth-order valence-corrected chi connectivity index (χ4v) is 9.41. The van der Waals surface area contributed by atoms with Crippen LogP contribution in [0.3, 0.4) is 0 Å². The van der Waals surface area contributed by atoms with Gasteiger partial charge in [-0.25, -0.2) is 0 Å². The van der Waals surface area contributed by atoms with Gasteiger partial charge in [0.05, 0.1) is 25.4 Å². The summed E-state index contributed by atoms with van der Waals surface area (Å²) < 4.78 is 11.6. The van der Waals surface area contributed by atoms with E-state index in [1.54, 1.807) is 6.92 Å². The van der Waals surface area contributed by atoms with Gasteiger partial charge in [-0.3, -0.25) is 4.79 Å². The van der Waals surface area contributed by atoms with E-state index in [9.17, 15) is 20.1 Å². The molecule has 1 aromatic carbocycles. The first kappa shape index (κ1) is 34.7. The third kappa shape index (κ3) is 6.84. The van der Waals surface area contributed by atoms with Crippen molar-refractivity contribution in [2.24, 2.45) is 29.1 Å². The maximum Gasteiger partial charge on any atom is 0.254 e. The van der Waals surface area contributed by atoms with Crippen LogP contribution in [0.5, 0.6) is 11.5 Å². The molecule has 0 aromatic heterocycles. The number of hydrogen-bond donors (Lipinski definition) is 3. The molecule has 1 saturated heterocycles. The quantitative estimate of drug-likeness (QED) is 0.263. The van der Waals surface area contributed by atoms with Gasteiger partial charge in [0.15, 0.2) is 0 Å². The molecule has 1 aliphatic heterocycles. The molecule has 46 heavy (non-hydrogen) atoms. The SMILES string of the molecule is C=C1/C(=C\C=C2/CCC[C@]3(C)[C@@H]([C@H](C)C[C@H]4C[C@](C)(O)C(=O)N4Cc4cc(OCC)cc(OCC)c4)CC[C@@H]23)C[C@@H](O)[C@H](C)[C@@H]1O. The first-order valence-electron chi connectivity index (χ1n) is 17.7. The second-order valence-electron chi connectivity index (χ2n) is 15.1. The van der Waals surface area contributed by atoms with Crippen LogP contribution in [0.4, 0.5) is 0 Å². The molecule has 0 spiro atoms. The lowest BCUT2D eigenvalue weighted by molar-refractivity contribution is -0.142. The molecule has 3 aliphatic carbocycles. The van der Waals surface area contributed by atoms with Crippen LogP contribution in [-0.2, 0) is 11.3 Å². The van der Waals surface area contributed by atoms with E-state index in [-0.39, 0.29) is 23.3 Å². The zero-order valence-corrected chi connectivity index (χ0v) is 28.9. The molecule has 1 aromatic rings. The zero-order chi connectivity index (χ0) is 33.4. The van der Waals surface area contributed by atoms with Crippen molar-refractivity contribution in [1.82, 2.24) is 4.90 Å². The molecule has 254 valence electrons. The molecule has 9 atom stereocenters. The van der Waals surface area contributed by atoms with E-state index in [0.29, 0.717) is 50.4 Å². The van der Waals surface area contributed by atoms with E-state index < -0.39 is 17.8 Å². The molecule has 4 aliphatic rings. The molecule has 7 heteroatoms. The number of carbonyl (C=O) groups excluding carboxylic acids is 1. The van der Waals surface area contributed by atoms with Gasteiger partial charge in [-0.2, -0.15) is 0 Å². The zero-order valence-electron chi connectivity index (χ0n) is 28.9. The fourth-order valence-electron chi connectivity index (χ4n) is 9.41. The van der Waals surface area contributed by atoms with E-state index in [4.69, 9.17) is 9.47 Å². The molecule has 5 rings (SSSR count). The number of benzene rings is 1. The Balaban J connectivity index is 1.32. The summed E-state index contributed by atoms with van der Waals surface area (Å²) in [4.78, 5) is 15.4. The van der Waals surface area contributed by atoms with E-state index >= 15 is 0 Å². The molecule has 4 fully saturated rings. The molecule has 0 radical (unpaired) electrons. The highest BCUT2D eigenvalue weighted by Crippen LogP contribution is 2.60. The summed E-state index contributed by atoms with van der Waals surface area (Å²) in [6.45, 7) is 17.9. The number of nitrogens with zero attached hydrogens (tertiary/aromatic N) is 1. The highest BCUT2D eigenvalue weighted by atomic mass is 16.5. The van der Waals surface area contributed by atoms with Crippen molar-refractivity contribution in [1.29, 1.82) is 0 Å². The Kier molecular flexibility index (Phi) is 10.5. The average molecular weight is 636 g/mol. The minimum Gasteiger partial charge on any atom is -0.494 e. The van der Waals surface area contributed by atoms with Gasteiger partial charge in [-0.1, -0.05) is 45.1 Å². The Bertz CT molecular complexity index is 1320. The van der Waals surface area contributed by atoms with Gasteiger partial charge in [-0.05, 0) is 118 Å². The van der Waals surface area contributed by atoms with Gasteiger partial charge < -0.3 is 29.7 Å². The number of allylic oxidation sites excluding steroid dienone is 3. The summed E-state index contributed by atoms with van der Waals surface area (Å²) in [5.41, 5.74) is 2.91. The fraction of sp³-hybridized carbons (Fsp3) is 0.667. The molecule has 1 amide bonds. The number of amides is 1. The van der Waals surface area contributed by atoms with Gasteiger partial charge in [0, 0.05) is 31.0 Å². The molecule has 0 bridgehead atoms. The van der Waals surface area contributed by atoms with Crippen LogP contribution in [0.1, 0.15) is 98.5 Å². The van der Waals surface area contributed by atoms with Crippen LogP contribution in [0.25, 0.3) is 0 Å². The van der Waals surface area contributed by atoms with Crippen LogP contribution in [-0.4, -0.2) is 63.2 Å². The van der Waals surface area contributed by atoms with Gasteiger partial charge >= 0.3 is 0 Å². The number of fused-ring (bicyclic) bond motifs is 1. The summed E-state index contributed by atoms with van der Waals surface area (Å²) >= 11 is 0. The van der Waals surface area contributed by atoms with Crippen LogP contribution in [0, 0.1) is 29.1 Å². The average Bonchev–Trinajstić information content (AvgIpc) is 3.46. The number of ether oxygens (including phenoxy) is 2. The van der Waals surface area contributed by atoms with Crippen molar-refractivity contribution in [3.63, 3.8) is 0 Å². The van der Waals surface area contributed by atoms with Gasteiger partial charge in [0.25, 0.3) is 5.91 Å². The highest BCUT2D eigenvalue weighted by molar-refractivity contribution is 5.87. The Morgan fingerprint density at radius 1 is 1.09 bits per heavy atom. The monoisotopic (exact) mass is 635 g/mol. The van der Waals surface area contributed by atoms with Crippen molar-refractivity contribution in [3.05, 3.63) is 59.2 Å². The Morgan fingerprint density at radius 2 is 1.76 bits per heavy atom. The van der Waals surface area contributed by atoms with E-state index in [2.05, 4.69) is 32.6 Å². The largest absolute Gasteiger partial charge is 0.494 e. The van der Waals surface area contributed by atoms with E-state index in [1.165, 1.54) is 12.0 Å². The van der Waals surface area contributed by atoms with Crippen molar-refractivity contribution in [2.45, 2.75) is 123 Å². The Labute approximate surface area is 276 Å². The van der Waals surface area contributed by atoms with Crippen LogP contribution in [0.15, 0.2) is 53.6 Å². The molecular formula is C39H57NO6. The van der Waals surface area contributed by atoms with E-state index in [1.807, 2.05) is 43.9 Å². The lowest BCUT2D eigenvalue weighted by atomic mass is 9.60. The van der Waals surface area contributed by atoms with Crippen molar-refractivity contribution in [2.75, 3.05) is 13.2 Å². The molecule has 1 heterocycles.